The molecule has 2 aromatic heterocycles. The Kier molecular flexibility index (Phi) is 3.29. The van der Waals surface area contributed by atoms with Crippen LogP contribution in [-0.4, -0.2) is 46.1 Å². The largest absolute Gasteiger partial charge is 0.381 e. The third-order valence-electron chi connectivity index (χ3n) is 4.77. The predicted octanol–water partition coefficient (Wildman–Crippen LogP) is 1.65. The number of ether oxygens (including phenoxy) is 1. The standard InChI is InChI=1S/C15H19BrN4O/c16-12-1-2-14-18-5-13(20(14)7-12)8-19-6-11-9-21-4-3-15(11,17)10-19/h1-2,5,7,11H,3-4,6,8-10,17H2/t11-,15+/m0/s1. The van der Waals surface area contributed by atoms with E-state index in [9.17, 15) is 0 Å². The second-order valence-corrected chi connectivity index (χ2v) is 7.17. The molecule has 0 aromatic carbocycles. The van der Waals surface area contributed by atoms with Crippen LogP contribution in [0, 0.1) is 5.92 Å². The van der Waals surface area contributed by atoms with Gasteiger partial charge >= 0.3 is 0 Å². The minimum absolute atomic E-state index is 0.0701. The summed E-state index contributed by atoms with van der Waals surface area (Å²) in [5.74, 6) is 0.456. The van der Waals surface area contributed by atoms with Crippen LogP contribution in [0.5, 0.6) is 0 Å². The van der Waals surface area contributed by atoms with Gasteiger partial charge in [0.15, 0.2) is 0 Å². The van der Waals surface area contributed by atoms with Crippen LogP contribution < -0.4 is 5.73 Å². The fourth-order valence-corrected chi connectivity index (χ4v) is 3.90. The molecule has 0 amide bonds. The number of nitrogens with zero attached hydrogens (tertiary/aromatic N) is 3. The quantitative estimate of drug-likeness (QED) is 0.894. The summed E-state index contributed by atoms with van der Waals surface area (Å²) in [7, 11) is 0. The summed E-state index contributed by atoms with van der Waals surface area (Å²) in [6.07, 6.45) is 5.00. The summed E-state index contributed by atoms with van der Waals surface area (Å²) < 4.78 is 8.80. The molecular weight excluding hydrogens is 332 g/mol. The highest BCUT2D eigenvalue weighted by atomic mass is 79.9. The molecule has 0 aliphatic carbocycles. The van der Waals surface area contributed by atoms with Gasteiger partial charge in [-0.25, -0.2) is 4.98 Å². The van der Waals surface area contributed by atoms with Crippen LogP contribution in [0.15, 0.2) is 29.0 Å². The van der Waals surface area contributed by atoms with Crippen LogP contribution in [0.3, 0.4) is 0 Å². The Morgan fingerprint density at radius 3 is 3.24 bits per heavy atom. The summed E-state index contributed by atoms with van der Waals surface area (Å²) in [4.78, 5) is 6.90. The smallest absolute Gasteiger partial charge is 0.136 e. The zero-order valence-corrected chi connectivity index (χ0v) is 13.4. The van der Waals surface area contributed by atoms with Crippen LogP contribution in [0.4, 0.5) is 0 Å². The molecule has 112 valence electrons. The van der Waals surface area contributed by atoms with Crippen molar-refractivity contribution in [2.24, 2.45) is 11.7 Å². The van der Waals surface area contributed by atoms with Gasteiger partial charge in [0.25, 0.3) is 0 Å². The zero-order chi connectivity index (χ0) is 14.4. The Labute approximate surface area is 132 Å². The maximum Gasteiger partial charge on any atom is 0.136 e. The minimum Gasteiger partial charge on any atom is -0.381 e. The SMILES string of the molecule is N[C@@]12CCOC[C@@H]1CN(Cc1cnc3ccc(Br)cn13)C2. The molecule has 0 spiro atoms. The third-order valence-corrected chi connectivity index (χ3v) is 5.24. The maximum atomic E-state index is 6.57. The first kappa shape index (κ1) is 13.7. The van der Waals surface area contributed by atoms with Gasteiger partial charge in [0.05, 0.1) is 18.5 Å². The first-order valence-electron chi connectivity index (χ1n) is 7.34. The average Bonchev–Trinajstić information content (AvgIpc) is 2.99. The highest BCUT2D eigenvalue weighted by Gasteiger charge is 2.45. The predicted molar refractivity (Wildman–Crippen MR) is 84.0 cm³/mol. The Morgan fingerprint density at radius 1 is 1.48 bits per heavy atom. The van der Waals surface area contributed by atoms with E-state index in [0.29, 0.717) is 5.92 Å². The monoisotopic (exact) mass is 350 g/mol. The van der Waals surface area contributed by atoms with Crippen LogP contribution in [0.1, 0.15) is 12.1 Å². The number of rotatable bonds is 2. The lowest BCUT2D eigenvalue weighted by molar-refractivity contribution is 0.0241. The molecule has 2 aliphatic rings. The molecule has 6 heteroatoms. The van der Waals surface area contributed by atoms with Gasteiger partial charge in [-0.2, -0.15) is 0 Å². The normalized spacial score (nSPS) is 29.9. The molecule has 21 heavy (non-hydrogen) atoms. The second-order valence-electron chi connectivity index (χ2n) is 6.25. The van der Waals surface area contributed by atoms with Crippen molar-refractivity contribution in [3.05, 3.63) is 34.7 Å². The lowest BCUT2D eigenvalue weighted by Gasteiger charge is -2.34. The van der Waals surface area contributed by atoms with Gasteiger partial charge in [-0.15, -0.1) is 0 Å². The van der Waals surface area contributed by atoms with E-state index < -0.39 is 0 Å². The molecule has 2 fully saturated rings. The average molecular weight is 351 g/mol. The molecule has 0 radical (unpaired) electrons. The lowest BCUT2D eigenvalue weighted by atomic mass is 9.84. The third kappa shape index (κ3) is 2.40. The summed E-state index contributed by atoms with van der Waals surface area (Å²) in [6.45, 7) is 4.43. The highest BCUT2D eigenvalue weighted by Crippen LogP contribution is 2.32. The van der Waals surface area contributed by atoms with Crippen molar-refractivity contribution in [1.29, 1.82) is 0 Å². The number of likely N-dealkylation sites (tertiary alicyclic amines) is 1. The van der Waals surface area contributed by atoms with Gasteiger partial charge in [0, 0.05) is 48.4 Å². The molecule has 2 atom stereocenters. The van der Waals surface area contributed by atoms with Gasteiger partial charge in [0.2, 0.25) is 0 Å². The number of aromatic nitrogens is 2. The molecular formula is C15H19BrN4O. The molecule has 2 aliphatic heterocycles. The van der Waals surface area contributed by atoms with E-state index >= 15 is 0 Å². The fourth-order valence-electron chi connectivity index (χ4n) is 3.56. The van der Waals surface area contributed by atoms with E-state index in [-0.39, 0.29) is 5.54 Å². The second kappa shape index (κ2) is 5.05. The Morgan fingerprint density at radius 2 is 2.38 bits per heavy atom. The number of imidazole rings is 1. The maximum absolute atomic E-state index is 6.57. The van der Waals surface area contributed by atoms with Crippen molar-refractivity contribution in [1.82, 2.24) is 14.3 Å². The van der Waals surface area contributed by atoms with Gasteiger partial charge < -0.3 is 14.9 Å². The van der Waals surface area contributed by atoms with Crippen LogP contribution in [0.2, 0.25) is 0 Å². The van der Waals surface area contributed by atoms with Crippen LogP contribution in [-0.2, 0) is 11.3 Å². The fraction of sp³-hybridized carbons (Fsp3) is 0.533. The Bertz CT molecular complexity index is 673. The topological polar surface area (TPSA) is 55.8 Å². The van der Waals surface area contributed by atoms with Crippen LogP contribution in [0.25, 0.3) is 5.65 Å². The lowest BCUT2D eigenvalue weighted by Crippen LogP contribution is -2.52. The summed E-state index contributed by atoms with van der Waals surface area (Å²) in [5.41, 5.74) is 8.68. The molecule has 0 unspecified atom stereocenters. The molecule has 5 nitrogen and oxygen atoms in total. The van der Waals surface area contributed by atoms with Gasteiger partial charge in [0.1, 0.15) is 5.65 Å². The summed E-state index contributed by atoms with van der Waals surface area (Å²) in [6, 6.07) is 4.04. The van der Waals surface area contributed by atoms with E-state index in [0.717, 1.165) is 49.4 Å². The summed E-state index contributed by atoms with van der Waals surface area (Å²) in [5, 5.41) is 0. The van der Waals surface area contributed by atoms with Gasteiger partial charge in [-0.1, -0.05) is 0 Å². The van der Waals surface area contributed by atoms with Crippen molar-refractivity contribution in [3.8, 4) is 0 Å². The van der Waals surface area contributed by atoms with E-state index in [2.05, 4.69) is 36.4 Å². The molecule has 2 aromatic rings. The molecule has 0 bridgehead atoms. The molecule has 4 rings (SSSR count). The van der Waals surface area contributed by atoms with Crippen molar-refractivity contribution < 1.29 is 4.74 Å². The van der Waals surface area contributed by atoms with Crippen molar-refractivity contribution in [2.75, 3.05) is 26.3 Å². The molecule has 0 saturated carbocycles. The van der Waals surface area contributed by atoms with Crippen molar-refractivity contribution in [3.63, 3.8) is 0 Å². The zero-order valence-electron chi connectivity index (χ0n) is 11.8. The van der Waals surface area contributed by atoms with Crippen molar-refractivity contribution in [2.45, 2.75) is 18.5 Å². The van der Waals surface area contributed by atoms with Crippen LogP contribution >= 0.6 is 15.9 Å². The van der Waals surface area contributed by atoms with E-state index in [1.807, 2.05) is 18.3 Å². The number of fused-ring (bicyclic) bond motifs is 2. The van der Waals surface area contributed by atoms with E-state index in [4.69, 9.17) is 10.5 Å². The number of pyridine rings is 1. The van der Waals surface area contributed by atoms with Crippen molar-refractivity contribution >= 4 is 21.6 Å². The number of nitrogens with two attached hydrogens (primary N) is 1. The summed E-state index contributed by atoms with van der Waals surface area (Å²) >= 11 is 3.52. The molecule has 2 N–H and O–H groups in total. The highest BCUT2D eigenvalue weighted by molar-refractivity contribution is 9.10. The Hall–Kier alpha value is -0.950. The number of hydrogen-bond donors (Lipinski definition) is 1. The van der Waals surface area contributed by atoms with Gasteiger partial charge in [-0.3, -0.25) is 4.90 Å². The first-order chi connectivity index (χ1) is 10.1. The van der Waals surface area contributed by atoms with E-state index in [1.54, 1.807) is 0 Å². The van der Waals surface area contributed by atoms with E-state index in [1.165, 1.54) is 5.69 Å². The first-order valence-corrected chi connectivity index (χ1v) is 8.14. The molecule has 2 saturated heterocycles. The minimum atomic E-state index is -0.0701. The molecule has 4 heterocycles. The number of halogens is 1. The van der Waals surface area contributed by atoms with Gasteiger partial charge in [-0.05, 0) is 34.5 Å². The number of hydrogen-bond acceptors (Lipinski definition) is 4. The Balaban J connectivity index is 1.57.